The molecule has 2 rings (SSSR count). The molecule has 0 spiro atoms. The molecule has 0 atom stereocenters. The van der Waals surface area contributed by atoms with Crippen molar-refractivity contribution in [3.8, 4) is 6.07 Å². The summed E-state index contributed by atoms with van der Waals surface area (Å²) in [6.45, 7) is 0.285. The van der Waals surface area contributed by atoms with Gasteiger partial charge in [-0.05, 0) is 30.5 Å². The van der Waals surface area contributed by atoms with E-state index in [4.69, 9.17) is 11.0 Å². The van der Waals surface area contributed by atoms with Gasteiger partial charge in [0.2, 0.25) is 10.0 Å². The van der Waals surface area contributed by atoms with E-state index in [1.54, 1.807) is 24.3 Å². The molecule has 1 saturated carbocycles. The number of nitrogens with two attached hydrogens (primary N) is 1. The monoisotopic (exact) mass is 321 g/mol. The zero-order chi connectivity index (χ0) is 16.1. The van der Waals surface area contributed by atoms with E-state index in [0.29, 0.717) is 11.1 Å². The molecule has 1 aliphatic rings. The van der Waals surface area contributed by atoms with Gasteiger partial charge in [0.25, 0.3) is 0 Å². The van der Waals surface area contributed by atoms with Crippen molar-refractivity contribution in [1.82, 2.24) is 4.72 Å². The summed E-state index contributed by atoms with van der Waals surface area (Å²) in [6, 6.07) is 8.68. The first-order valence-electron chi connectivity index (χ1n) is 7.68. The molecule has 22 heavy (non-hydrogen) atoms. The zero-order valence-electron chi connectivity index (χ0n) is 12.7. The Morgan fingerprint density at radius 3 is 2.55 bits per heavy atom. The van der Waals surface area contributed by atoms with Crippen molar-refractivity contribution in [1.29, 1.82) is 5.26 Å². The average molecular weight is 321 g/mol. The molecule has 0 aromatic heterocycles. The van der Waals surface area contributed by atoms with Crippen LogP contribution < -0.4 is 10.5 Å². The lowest BCUT2D eigenvalue weighted by molar-refractivity contribution is 0.369. The molecule has 0 unspecified atom stereocenters. The van der Waals surface area contributed by atoms with E-state index in [9.17, 15) is 8.42 Å². The van der Waals surface area contributed by atoms with Crippen LogP contribution in [0, 0.1) is 11.3 Å². The molecule has 5 nitrogen and oxygen atoms in total. The Hall–Kier alpha value is -1.42. The van der Waals surface area contributed by atoms with Gasteiger partial charge < -0.3 is 5.73 Å². The van der Waals surface area contributed by atoms with Crippen LogP contribution in [0.25, 0.3) is 0 Å². The molecular formula is C16H23N3O2S. The Morgan fingerprint density at radius 1 is 1.23 bits per heavy atom. The maximum Gasteiger partial charge on any atom is 0.215 e. The SMILES string of the molecule is N#Cc1cccc(CS(=O)(=O)NCC2(N)CCCCCC2)c1. The van der Waals surface area contributed by atoms with Gasteiger partial charge in [-0.2, -0.15) is 5.26 Å². The highest BCUT2D eigenvalue weighted by atomic mass is 32.2. The quantitative estimate of drug-likeness (QED) is 0.811. The van der Waals surface area contributed by atoms with E-state index in [0.717, 1.165) is 25.7 Å². The molecular weight excluding hydrogens is 298 g/mol. The van der Waals surface area contributed by atoms with Crippen LogP contribution in [0.15, 0.2) is 24.3 Å². The minimum Gasteiger partial charge on any atom is -0.324 e. The molecule has 0 saturated heterocycles. The normalized spacial score (nSPS) is 18.4. The Balaban J connectivity index is 1.97. The molecule has 0 amide bonds. The van der Waals surface area contributed by atoms with Gasteiger partial charge in [0, 0.05) is 12.1 Å². The van der Waals surface area contributed by atoms with Crippen LogP contribution in [-0.4, -0.2) is 20.5 Å². The Kier molecular flexibility index (Phi) is 5.57. The molecule has 1 aromatic rings. The van der Waals surface area contributed by atoms with Crippen molar-refractivity contribution >= 4 is 10.0 Å². The van der Waals surface area contributed by atoms with Crippen LogP contribution in [0.3, 0.4) is 0 Å². The average Bonchev–Trinajstić information content (AvgIpc) is 2.71. The summed E-state index contributed by atoms with van der Waals surface area (Å²) in [5.41, 5.74) is 6.98. The molecule has 1 fully saturated rings. The smallest absolute Gasteiger partial charge is 0.215 e. The fourth-order valence-corrected chi connectivity index (χ4v) is 4.09. The van der Waals surface area contributed by atoms with E-state index in [1.807, 2.05) is 6.07 Å². The number of hydrogen-bond donors (Lipinski definition) is 2. The number of sulfonamides is 1. The fraction of sp³-hybridized carbons (Fsp3) is 0.562. The van der Waals surface area contributed by atoms with E-state index in [-0.39, 0.29) is 12.3 Å². The van der Waals surface area contributed by atoms with Gasteiger partial charge in [0.05, 0.1) is 17.4 Å². The highest BCUT2D eigenvalue weighted by Crippen LogP contribution is 2.24. The molecule has 1 aliphatic carbocycles. The molecule has 6 heteroatoms. The zero-order valence-corrected chi connectivity index (χ0v) is 13.5. The van der Waals surface area contributed by atoms with Gasteiger partial charge in [0.15, 0.2) is 0 Å². The van der Waals surface area contributed by atoms with Gasteiger partial charge in [-0.25, -0.2) is 13.1 Å². The minimum absolute atomic E-state index is 0.126. The highest BCUT2D eigenvalue weighted by molar-refractivity contribution is 7.88. The van der Waals surface area contributed by atoms with Crippen LogP contribution in [0.5, 0.6) is 0 Å². The van der Waals surface area contributed by atoms with E-state index in [1.165, 1.54) is 12.8 Å². The topological polar surface area (TPSA) is 96.0 Å². The Labute approximate surface area is 132 Å². The minimum atomic E-state index is -3.45. The molecule has 3 N–H and O–H groups in total. The first-order valence-corrected chi connectivity index (χ1v) is 9.33. The predicted octanol–water partition coefficient (Wildman–Crippen LogP) is 2.03. The van der Waals surface area contributed by atoms with Crippen LogP contribution in [-0.2, 0) is 15.8 Å². The summed E-state index contributed by atoms with van der Waals surface area (Å²) in [5.74, 6) is -0.126. The van der Waals surface area contributed by atoms with Crippen molar-refractivity contribution in [3.05, 3.63) is 35.4 Å². The lowest BCUT2D eigenvalue weighted by Crippen LogP contribution is -2.49. The molecule has 1 aromatic carbocycles. The highest BCUT2D eigenvalue weighted by Gasteiger charge is 2.27. The third kappa shape index (κ3) is 5.09. The molecule has 0 bridgehead atoms. The molecule has 0 radical (unpaired) electrons. The summed E-state index contributed by atoms with van der Waals surface area (Å²) >= 11 is 0. The van der Waals surface area contributed by atoms with Gasteiger partial charge in [-0.1, -0.05) is 37.8 Å². The molecule has 0 heterocycles. The number of nitrogens with one attached hydrogen (secondary N) is 1. The van der Waals surface area contributed by atoms with Gasteiger partial charge in [0.1, 0.15) is 0 Å². The number of rotatable bonds is 5. The third-order valence-corrected chi connectivity index (χ3v) is 5.45. The molecule has 0 aliphatic heterocycles. The van der Waals surface area contributed by atoms with Crippen molar-refractivity contribution < 1.29 is 8.42 Å². The Morgan fingerprint density at radius 2 is 1.91 bits per heavy atom. The van der Waals surface area contributed by atoms with Gasteiger partial charge in [-0.15, -0.1) is 0 Å². The summed E-state index contributed by atoms with van der Waals surface area (Å²) < 4.78 is 27.1. The lowest BCUT2D eigenvalue weighted by Gasteiger charge is -2.28. The summed E-state index contributed by atoms with van der Waals surface area (Å²) in [7, 11) is -3.45. The van der Waals surface area contributed by atoms with Crippen molar-refractivity contribution in [2.75, 3.05) is 6.54 Å². The number of nitriles is 1. The standard InChI is InChI=1S/C16H23N3O2S/c17-11-14-6-5-7-15(10-14)12-22(20,21)19-13-16(18)8-3-1-2-4-9-16/h5-7,10,19H,1-4,8-9,12-13,18H2. The first-order chi connectivity index (χ1) is 10.4. The number of nitrogens with zero attached hydrogens (tertiary/aromatic N) is 1. The second-order valence-corrected chi connectivity index (χ2v) is 7.98. The van der Waals surface area contributed by atoms with Crippen LogP contribution in [0.4, 0.5) is 0 Å². The van der Waals surface area contributed by atoms with E-state index in [2.05, 4.69) is 4.72 Å². The summed E-state index contributed by atoms with van der Waals surface area (Å²) in [4.78, 5) is 0. The predicted molar refractivity (Wildman–Crippen MR) is 86.4 cm³/mol. The van der Waals surface area contributed by atoms with Crippen molar-refractivity contribution in [2.24, 2.45) is 5.73 Å². The summed E-state index contributed by atoms with van der Waals surface area (Å²) in [6.07, 6.45) is 6.18. The summed E-state index contributed by atoms with van der Waals surface area (Å²) in [5, 5.41) is 8.86. The van der Waals surface area contributed by atoms with Crippen LogP contribution in [0.2, 0.25) is 0 Å². The first kappa shape index (κ1) is 16.9. The second-order valence-electron chi connectivity index (χ2n) is 6.17. The Bertz CT molecular complexity index is 642. The van der Waals surface area contributed by atoms with Crippen LogP contribution in [0.1, 0.15) is 49.7 Å². The maximum atomic E-state index is 12.2. The van der Waals surface area contributed by atoms with E-state index >= 15 is 0 Å². The van der Waals surface area contributed by atoms with Crippen molar-refractivity contribution in [3.63, 3.8) is 0 Å². The van der Waals surface area contributed by atoms with Gasteiger partial charge >= 0.3 is 0 Å². The number of hydrogen-bond acceptors (Lipinski definition) is 4. The molecule has 120 valence electrons. The fourth-order valence-electron chi connectivity index (χ4n) is 2.86. The third-order valence-electron chi connectivity index (χ3n) is 4.16. The number of benzene rings is 1. The second kappa shape index (κ2) is 7.23. The van der Waals surface area contributed by atoms with Crippen LogP contribution >= 0.6 is 0 Å². The maximum absolute atomic E-state index is 12.2. The van der Waals surface area contributed by atoms with Crippen molar-refractivity contribution in [2.45, 2.75) is 49.8 Å². The largest absolute Gasteiger partial charge is 0.324 e. The van der Waals surface area contributed by atoms with E-state index < -0.39 is 15.6 Å². The van der Waals surface area contributed by atoms with Gasteiger partial charge in [-0.3, -0.25) is 0 Å². The lowest BCUT2D eigenvalue weighted by atomic mass is 9.92.